The van der Waals surface area contributed by atoms with E-state index in [0.29, 0.717) is 0 Å². The van der Waals surface area contributed by atoms with E-state index in [-0.39, 0.29) is 0 Å². The fraction of sp³-hybridized carbons (Fsp3) is 0.0556. The highest BCUT2D eigenvalue weighted by atomic mass is 79.9. The Morgan fingerprint density at radius 3 is 2.68 bits per heavy atom. The first-order chi connectivity index (χ1) is 10.8. The van der Waals surface area contributed by atoms with E-state index in [0.717, 1.165) is 21.8 Å². The molecular weight excluding hydrogens is 356 g/mol. The van der Waals surface area contributed by atoms with Crippen molar-refractivity contribution in [1.29, 1.82) is 0 Å². The Balaban J connectivity index is 1.98. The van der Waals surface area contributed by atoms with Crippen LogP contribution in [-0.4, -0.2) is 0 Å². The van der Waals surface area contributed by atoms with Crippen molar-refractivity contribution in [3.63, 3.8) is 0 Å². The minimum atomic E-state index is 0.768. The van der Waals surface area contributed by atoms with Crippen molar-refractivity contribution in [2.45, 2.75) is 6.54 Å². The highest BCUT2D eigenvalue weighted by Gasteiger charge is 2.18. The Hall–Kier alpha value is -1.91. The van der Waals surface area contributed by atoms with Gasteiger partial charge in [0.05, 0.1) is 0 Å². The molecular formula is C18H16BrN2S+. The number of nitrogens with zero attached hydrogens (tertiary/aromatic N) is 1. The third kappa shape index (κ3) is 3.29. The molecule has 1 heterocycles. The molecule has 0 radical (unpaired) electrons. The summed E-state index contributed by atoms with van der Waals surface area (Å²) in [5, 5.41) is 6.77. The Bertz CT molecular complexity index is 781. The first-order valence-corrected chi connectivity index (χ1v) is 8.65. The van der Waals surface area contributed by atoms with Gasteiger partial charge in [0.25, 0.3) is 0 Å². The smallest absolute Gasteiger partial charge is 0.231 e. The molecule has 3 rings (SSSR count). The van der Waals surface area contributed by atoms with Crippen LogP contribution in [0.1, 0.15) is 0 Å². The van der Waals surface area contributed by atoms with Gasteiger partial charge in [-0.3, -0.25) is 0 Å². The summed E-state index contributed by atoms with van der Waals surface area (Å²) >= 11 is 5.21. The largest absolute Gasteiger partial charge is 0.339 e. The molecule has 4 heteroatoms. The van der Waals surface area contributed by atoms with E-state index in [1.165, 1.54) is 11.3 Å². The Kier molecular flexibility index (Phi) is 4.71. The van der Waals surface area contributed by atoms with E-state index in [2.05, 4.69) is 74.2 Å². The number of hydrogen-bond acceptors (Lipinski definition) is 2. The molecule has 0 spiro atoms. The fourth-order valence-corrected chi connectivity index (χ4v) is 3.64. The van der Waals surface area contributed by atoms with Crippen LogP contribution < -0.4 is 9.88 Å². The van der Waals surface area contributed by atoms with E-state index in [1.54, 1.807) is 11.3 Å². The fourth-order valence-electron chi connectivity index (χ4n) is 2.28. The average Bonchev–Trinajstić information content (AvgIpc) is 2.91. The normalized spacial score (nSPS) is 10.4. The van der Waals surface area contributed by atoms with Gasteiger partial charge in [0.15, 0.2) is 0 Å². The molecule has 1 aromatic heterocycles. The summed E-state index contributed by atoms with van der Waals surface area (Å²) in [6.07, 6.45) is 1.92. The van der Waals surface area contributed by atoms with Crippen LogP contribution >= 0.6 is 27.3 Å². The number of hydrogen-bond donors (Lipinski definition) is 1. The number of thiazole rings is 1. The van der Waals surface area contributed by atoms with E-state index in [4.69, 9.17) is 0 Å². The lowest BCUT2D eigenvalue weighted by atomic mass is 10.2. The van der Waals surface area contributed by atoms with Gasteiger partial charge < -0.3 is 0 Å². The van der Waals surface area contributed by atoms with Crippen molar-refractivity contribution in [2.75, 3.05) is 5.32 Å². The number of anilines is 2. The van der Waals surface area contributed by atoms with Crippen molar-refractivity contribution >= 4 is 38.1 Å². The Morgan fingerprint density at radius 1 is 1.14 bits per heavy atom. The molecule has 0 saturated carbocycles. The molecule has 0 saturated heterocycles. The quantitative estimate of drug-likeness (QED) is 0.469. The summed E-state index contributed by atoms with van der Waals surface area (Å²) in [6.45, 7) is 4.65. The van der Waals surface area contributed by atoms with E-state index < -0.39 is 0 Å². The van der Waals surface area contributed by atoms with Crippen LogP contribution in [0.4, 0.5) is 10.8 Å². The van der Waals surface area contributed by atoms with Crippen molar-refractivity contribution in [3.8, 4) is 11.3 Å². The SMILES string of the molecule is C=CC[n+]1c(-c2ccccc2)csc1Nc1cccc(Br)c1. The molecule has 0 atom stereocenters. The predicted octanol–water partition coefficient (Wildman–Crippen LogP) is 5.39. The summed E-state index contributed by atoms with van der Waals surface area (Å²) in [5.41, 5.74) is 3.47. The lowest BCUT2D eigenvalue weighted by Gasteiger charge is -2.04. The van der Waals surface area contributed by atoms with Crippen LogP contribution in [0, 0.1) is 0 Å². The molecule has 0 fully saturated rings. The third-order valence-electron chi connectivity index (χ3n) is 3.28. The highest BCUT2D eigenvalue weighted by molar-refractivity contribution is 9.10. The zero-order valence-corrected chi connectivity index (χ0v) is 14.4. The number of aromatic nitrogens is 1. The van der Waals surface area contributed by atoms with E-state index >= 15 is 0 Å². The van der Waals surface area contributed by atoms with Crippen molar-refractivity contribution < 1.29 is 4.57 Å². The average molecular weight is 372 g/mol. The maximum absolute atomic E-state index is 3.88. The van der Waals surface area contributed by atoms with Crippen LogP contribution in [0.5, 0.6) is 0 Å². The van der Waals surface area contributed by atoms with Crippen molar-refractivity contribution in [3.05, 3.63) is 77.1 Å². The predicted molar refractivity (Wildman–Crippen MR) is 97.6 cm³/mol. The van der Waals surface area contributed by atoms with Crippen LogP contribution in [0.25, 0.3) is 11.3 Å². The summed E-state index contributed by atoms with van der Waals surface area (Å²) in [6, 6.07) is 18.6. The second-order valence-electron chi connectivity index (χ2n) is 4.83. The first kappa shape index (κ1) is 15.0. The minimum absolute atomic E-state index is 0.768. The van der Waals surface area contributed by atoms with Gasteiger partial charge in [-0.25, -0.2) is 9.88 Å². The highest BCUT2D eigenvalue weighted by Crippen LogP contribution is 2.26. The molecule has 1 N–H and O–H groups in total. The zero-order chi connectivity index (χ0) is 15.4. The van der Waals surface area contributed by atoms with Gasteiger partial charge in [-0.2, -0.15) is 0 Å². The lowest BCUT2D eigenvalue weighted by molar-refractivity contribution is -0.657. The number of halogens is 1. The second-order valence-corrected chi connectivity index (χ2v) is 6.60. The molecule has 0 unspecified atom stereocenters. The lowest BCUT2D eigenvalue weighted by Crippen LogP contribution is -2.35. The van der Waals surface area contributed by atoms with Crippen LogP contribution in [0.3, 0.4) is 0 Å². The molecule has 2 aromatic carbocycles. The van der Waals surface area contributed by atoms with Gasteiger partial charge in [0, 0.05) is 15.4 Å². The van der Waals surface area contributed by atoms with Gasteiger partial charge in [0.2, 0.25) is 0 Å². The molecule has 0 aliphatic rings. The molecule has 0 aliphatic carbocycles. The minimum Gasteiger partial charge on any atom is -0.231 e. The summed E-state index contributed by atoms with van der Waals surface area (Å²) in [4.78, 5) is 0. The summed E-state index contributed by atoms with van der Waals surface area (Å²) in [7, 11) is 0. The van der Waals surface area contributed by atoms with Crippen LogP contribution in [-0.2, 0) is 6.54 Å². The van der Waals surface area contributed by atoms with Gasteiger partial charge in [0.1, 0.15) is 17.9 Å². The topological polar surface area (TPSA) is 15.9 Å². The van der Waals surface area contributed by atoms with Crippen LogP contribution in [0.2, 0.25) is 0 Å². The Morgan fingerprint density at radius 2 is 1.95 bits per heavy atom. The standard InChI is InChI=1S/C18H15BrN2S/c1-2-11-21-17(14-7-4-3-5-8-14)13-22-18(21)20-16-10-6-9-15(19)12-16/h2-10,12-13H,1,11H2/p+1. The third-order valence-corrected chi connectivity index (χ3v) is 4.66. The second kappa shape index (κ2) is 6.90. The van der Waals surface area contributed by atoms with Crippen LogP contribution in [0.15, 0.2) is 77.1 Å². The number of rotatable bonds is 5. The molecule has 0 amide bonds. The van der Waals surface area contributed by atoms with Gasteiger partial charge >= 0.3 is 5.13 Å². The molecule has 3 aromatic rings. The first-order valence-electron chi connectivity index (χ1n) is 6.98. The van der Waals surface area contributed by atoms with Gasteiger partial charge in [-0.05, 0) is 18.2 Å². The van der Waals surface area contributed by atoms with Gasteiger partial charge in [-0.1, -0.05) is 76.3 Å². The number of allylic oxidation sites excluding steroid dienone is 1. The zero-order valence-electron chi connectivity index (χ0n) is 12.0. The van der Waals surface area contributed by atoms with E-state index in [1.807, 2.05) is 24.3 Å². The van der Waals surface area contributed by atoms with E-state index in [9.17, 15) is 0 Å². The molecule has 2 nitrogen and oxygen atoms in total. The molecule has 0 aliphatic heterocycles. The monoisotopic (exact) mass is 371 g/mol. The molecule has 22 heavy (non-hydrogen) atoms. The maximum Gasteiger partial charge on any atom is 0.339 e. The maximum atomic E-state index is 3.88. The number of nitrogens with one attached hydrogen (secondary N) is 1. The molecule has 110 valence electrons. The summed E-state index contributed by atoms with van der Waals surface area (Å²) < 4.78 is 3.31. The van der Waals surface area contributed by atoms with Crippen molar-refractivity contribution in [2.24, 2.45) is 0 Å². The van der Waals surface area contributed by atoms with Crippen molar-refractivity contribution in [1.82, 2.24) is 0 Å². The summed E-state index contributed by atoms with van der Waals surface area (Å²) in [5.74, 6) is 0. The number of benzene rings is 2. The molecule has 0 bridgehead atoms. The van der Waals surface area contributed by atoms with Gasteiger partial charge in [-0.15, -0.1) is 0 Å². The Labute approximate surface area is 142 Å².